The molecular formula is C15H17N3O3S. The molecule has 3 N–H and O–H groups in total. The Bertz CT molecular complexity index is 642. The maximum Gasteiger partial charge on any atom is 0.357 e. The number of thiazole rings is 1. The fourth-order valence-electron chi connectivity index (χ4n) is 1.79. The van der Waals surface area contributed by atoms with E-state index in [9.17, 15) is 9.59 Å². The molecule has 0 unspecified atom stereocenters. The number of esters is 1. The Morgan fingerprint density at radius 2 is 2.09 bits per heavy atom. The highest BCUT2D eigenvalue weighted by Gasteiger charge is 2.17. The summed E-state index contributed by atoms with van der Waals surface area (Å²) in [5.41, 5.74) is 7.05. The number of benzene rings is 1. The van der Waals surface area contributed by atoms with Crippen molar-refractivity contribution in [3.8, 4) is 0 Å². The molecule has 22 heavy (non-hydrogen) atoms. The maximum absolute atomic E-state index is 12.0. The minimum absolute atomic E-state index is 0.179. The molecule has 2 aromatic rings. The van der Waals surface area contributed by atoms with Crippen molar-refractivity contribution in [3.63, 3.8) is 0 Å². The van der Waals surface area contributed by atoms with Crippen LogP contribution in [0.4, 0.5) is 5.13 Å². The third-order valence-electron chi connectivity index (χ3n) is 2.85. The van der Waals surface area contributed by atoms with Crippen LogP contribution in [0.3, 0.4) is 0 Å². The number of nitrogens with two attached hydrogens (primary N) is 1. The van der Waals surface area contributed by atoms with Gasteiger partial charge in [-0.2, -0.15) is 0 Å². The number of nitrogens with one attached hydrogen (secondary N) is 1. The largest absolute Gasteiger partial charge is 0.461 e. The Kier molecular flexibility index (Phi) is 5.62. The predicted molar refractivity (Wildman–Crippen MR) is 84.8 cm³/mol. The summed E-state index contributed by atoms with van der Waals surface area (Å²) in [7, 11) is 0. The predicted octanol–water partition coefficient (Wildman–Crippen LogP) is 1.83. The van der Waals surface area contributed by atoms with Gasteiger partial charge >= 0.3 is 5.97 Å². The first-order valence-electron chi connectivity index (χ1n) is 6.83. The van der Waals surface area contributed by atoms with Crippen molar-refractivity contribution in [2.24, 2.45) is 5.73 Å². The molecule has 0 radical (unpaired) electrons. The van der Waals surface area contributed by atoms with E-state index >= 15 is 0 Å². The Balaban J connectivity index is 1.92. The Morgan fingerprint density at radius 1 is 1.36 bits per heavy atom. The molecule has 6 nitrogen and oxygen atoms in total. The molecule has 0 bridgehead atoms. The van der Waals surface area contributed by atoms with Crippen molar-refractivity contribution in [1.29, 1.82) is 0 Å². The standard InChI is InChI=1S/C15H17N3O3S/c1-2-21-14(20)12-9-22-15(17-12)18-13(19)11(16)8-10-6-4-3-5-7-10/h3-7,9,11H,2,8,16H2,1H3,(H,17,18,19)/t11-/m0/s1. The van der Waals surface area contributed by atoms with Crippen LogP contribution in [0.15, 0.2) is 35.7 Å². The summed E-state index contributed by atoms with van der Waals surface area (Å²) in [5.74, 6) is -0.846. The van der Waals surface area contributed by atoms with Crippen molar-refractivity contribution in [2.75, 3.05) is 11.9 Å². The van der Waals surface area contributed by atoms with Gasteiger partial charge in [0.05, 0.1) is 12.6 Å². The monoisotopic (exact) mass is 319 g/mol. The lowest BCUT2D eigenvalue weighted by atomic mass is 10.1. The van der Waals surface area contributed by atoms with Gasteiger partial charge in [-0.05, 0) is 18.9 Å². The van der Waals surface area contributed by atoms with Crippen molar-refractivity contribution < 1.29 is 14.3 Å². The van der Waals surface area contributed by atoms with Crippen molar-refractivity contribution in [1.82, 2.24) is 4.98 Å². The quantitative estimate of drug-likeness (QED) is 0.792. The molecule has 0 fully saturated rings. The number of ether oxygens (including phenoxy) is 1. The summed E-state index contributed by atoms with van der Waals surface area (Å²) in [6.45, 7) is 2.00. The van der Waals surface area contributed by atoms with Crippen LogP contribution in [0.5, 0.6) is 0 Å². The van der Waals surface area contributed by atoms with Gasteiger partial charge in [0.2, 0.25) is 5.91 Å². The van der Waals surface area contributed by atoms with Crippen LogP contribution in [0.2, 0.25) is 0 Å². The molecular weight excluding hydrogens is 302 g/mol. The van der Waals surface area contributed by atoms with Crippen LogP contribution in [-0.2, 0) is 16.0 Å². The number of rotatable bonds is 6. The third-order valence-corrected chi connectivity index (χ3v) is 3.61. The van der Waals surface area contributed by atoms with E-state index in [1.165, 1.54) is 5.38 Å². The Morgan fingerprint density at radius 3 is 2.77 bits per heavy atom. The van der Waals surface area contributed by atoms with E-state index in [0.717, 1.165) is 16.9 Å². The lowest BCUT2D eigenvalue weighted by molar-refractivity contribution is -0.117. The zero-order valence-corrected chi connectivity index (χ0v) is 12.9. The summed E-state index contributed by atoms with van der Waals surface area (Å²) in [6.07, 6.45) is 0.433. The van der Waals surface area contributed by atoms with Gasteiger partial charge < -0.3 is 15.8 Å². The molecule has 0 spiro atoms. The van der Waals surface area contributed by atoms with Gasteiger partial charge in [0.1, 0.15) is 0 Å². The van der Waals surface area contributed by atoms with Crippen LogP contribution in [0, 0.1) is 0 Å². The fraction of sp³-hybridized carbons (Fsp3) is 0.267. The first-order chi connectivity index (χ1) is 10.6. The smallest absolute Gasteiger partial charge is 0.357 e. The second kappa shape index (κ2) is 7.67. The number of hydrogen-bond acceptors (Lipinski definition) is 6. The van der Waals surface area contributed by atoms with Crippen LogP contribution < -0.4 is 11.1 Å². The van der Waals surface area contributed by atoms with E-state index in [1.807, 2.05) is 30.3 Å². The number of nitrogens with zero attached hydrogens (tertiary/aromatic N) is 1. The van der Waals surface area contributed by atoms with Gasteiger partial charge in [0.25, 0.3) is 0 Å². The van der Waals surface area contributed by atoms with Crippen LogP contribution in [0.1, 0.15) is 23.0 Å². The summed E-state index contributed by atoms with van der Waals surface area (Å²) < 4.78 is 4.84. The molecule has 1 aromatic heterocycles. The molecule has 0 aliphatic rings. The number of amides is 1. The fourth-order valence-corrected chi connectivity index (χ4v) is 2.47. The van der Waals surface area contributed by atoms with Gasteiger partial charge in [0, 0.05) is 5.38 Å². The average molecular weight is 319 g/mol. The lowest BCUT2D eigenvalue weighted by Crippen LogP contribution is -2.37. The topological polar surface area (TPSA) is 94.3 Å². The highest BCUT2D eigenvalue weighted by atomic mass is 32.1. The van der Waals surface area contributed by atoms with Gasteiger partial charge in [-0.3, -0.25) is 4.79 Å². The number of carbonyl (C=O) groups excluding carboxylic acids is 2. The van der Waals surface area contributed by atoms with E-state index in [2.05, 4.69) is 10.3 Å². The molecule has 116 valence electrons. The van der Waals surface area contributed by atoms with E-state index in [4.69, 9.17) is 10.5 Å². The molecule has 0 saturated carbocycles. The second-order valence-electron chi connectivity index (χ2n) is 4.54. The highest BCUT2D eigenvalue weighted by molar-refractivity contribution is 7.14. The normalized spacial score (nSPS) is 11.7. The van der Waals surface area contributed by atoms with E-state index < -0.39 is 12.0 Å². The Labute approximate surface area is 132 Å². The summed E-state index contributed by atoms with van der Waals surface area (Å²) in [5, 5.41) is 4.48. The Hall–Kier alpha value is -2.25. The number of anilines is 1. The molecule has 1 heterocycles. The van der Waals surface area contributed by atoms with Crippen molar-refractivity contribution >= 4 is 28.3 Å². The number of aromatic nitrogens is 1. The van der Waals surface area contributed by atoms with Crippen LogP contribution >= 0.6 is 11.3 Å². The molecule has 0 saturated heterocycles. The molecule has 7 heteroatoms. The average Bonchev–Trinajstić information content (AvgIpc) is 2.97. The summed E-state index contributed by atoms with van der Waals surface area (Å²) in [6, 6.07) is 8.84. The molecule has 1 amide bonds. The molecule has 1 atom stereocenters. The number of hydrogen-bond donors (Lipinski definition) is 2. The van der Waals surface area contributed by atoms with Gasteiger partial charge in [-0.15, -0.1) is 11.3 Å². The van der Waals surface area contributed by atoms with Crippen LogP contribution in [-0.4, -0.2) is 29.5 Å². The highest BCUT2D eigenvalue weighted by Crippen LogP contribution is 2.16. The zero-order valence-electron chi connectivity index (χ0n) is 12.1. The minimum Gasteiger partial charge on any atom is -0.461 e. The first kappa shape index (κ1) is 16.1. The molecule has 1 aromatic carbocycles. The maximum atomic E-state index is 12.0. The van der Waals surface area contributed by atoms with Crippen molar-refractivity contribution in [2.45, 2.75) is 19.4 Å². The third kappa shape index (κ3) is 4.37. The van der Waals surface area contributed by atoms with Gasteiger partial charge in [0.15, 0.2) is 10.8 Å². The van der Waals surface area contributed by atoms with E-state index in [0.29, 0.717) is 11.6 Å². The van der Waals surface area contributed by atoms with Crippen molar-refractivity contribution in [3.05, 3.63) is 47.0 Å². The molecule has 2 rings (SSSR count). The van der Waals surface area contributed by atoms with Crippen LogP contribution in [0.25, 0.3) is 0 Å². The SMILES string of the molecule is CCOC(=O)c1csc(NC(=O)[C@@H](N)Cc2ccccc2)n1. The van der Waals surface area contributed by atoms with Gasteiger partial charge in [-0.25, -0.2) is 9.78 Å². The van der Waals surface area contributed by atoms with E-state index in [1.54, 1.807) is 6.92 Å². The summed E-state index contributed by atoms with van der Waals surface area (Å²) >= 11 is 1.16. The zero-order chi connectivity index (χ0) is 15.9. The van der Waals surface area contributed by atoms with Gasteiger partial charge in [-0.1, -0.05) is 30.3 Å². The minimum atomic E-state index is -0.683. The second-order valence-corrected chi connectivity index (χ2v) is 5.40. The lowest BCUT2D eigenvalue weighted by Gasteiger charge is -2.10. The summed E-state index contributed by atoms with van der Waals surface area (Å²) in [4.78, 5) is 27.6. The first-order valence-corrected chi connectivity index (χ1v) is 7.71. The van der Waals surface area contributed by atoms with E-state index in [-0.39, 0.29) is 18.2 Å². The molecule has 0 aliphatic carbocycles. The number of carbonyl (C=O) groups is 2. The molecule has 0 aliphatic heterocycles.